The summed E-state index contributed by atoms with van der Waals surface area (Å²) in [6.07, 6.45) is 6.52. The monoisotopic (exact) mass is 374 g/mol. The summed E-state index contributed by atoms with van der Waals surface area (Å²) >= 11 is 0. The van der Waals surface area contributed by atoms with E-state index in [4.69, 9.17) is 14.6 Å². The molecule has 146 valence electrons. The molecule has 1 aromatic carbocycles. The van der Waals surface area contributed by atoms with Crippen molar-refractivity contribution in [1.82, 2.24) is 0 Å². The third-order valence-corrected chi connectivity index (χ3v) is 4.65. The zero-order valence-electron chi connectivity index (χ0n) is 15.3. The lowest BCUT2D eigenvalue weighted by atomic mass is 9.82. The van der Waals surface area contributed by atoms with Gasteiger partial charge >= 0.3 is 17.9 Å². The molecule has 0 aromatic heterocycles. The first-order valence-electron chi connectivity index (χ1n) is 9.35. The maximum atomic E-state index is 12.0. The second-order valence-electron chi connectivity index (χ2n) is 6.67. The molecular weight excluding hydrogens is 348 g/mol. The van der Waals surface area contributed by atoms with Gasteiger partial charge in [0.05, 0.1) is 25.0 Å². The fourth-order valence-corrected chi connectivity index (χ4v) is 3.02. The molecule has 6 heteroatoms. The molecule has 0 unspecified atom stereocenters. The van der Waals surface area contributed by atoms with E-state index in [2.05, 4.69) is 0 Å². The van der Waals surface area contributed by atoms with Crippen molar-refractivity contribution in [2.45, 2.75) is 38.5 Å². The lowest BCUT2D eigenvalue weighted by Gasteiger charge is -2.24. The van der Waals surface area contributed by atoms with Gasteiger partial charge in [-0.1, -0.05) is 30.3 Å². The van der Waals surface area contributed by atoms with Gasteiger partial charge in [-0.05, 0) is 50.2 Å². The van der Waals surface area contributed by atoms with E-state index in [0.29, 0.717) is 38.5 Å². The van der Waals surface area contributed by atoms with Crippen LogP contribution in [0, 0.1) is 11.8 Å². The Hall–Kier alpha value is -2.63. The van der Waals surface area contributed by atoms with Crippen LogP contribution in [0.2, 0.25) is 0 Å². The topological polar surface area (TPSA) is 89.9 Å². The smallest absolute Gasteiger partial charge is 0.330 e. The number of ether oxygens (including phenoxy) is 2. The molecule has 0 aliphatic heterocycles. The number of esters is 2. The summed E-state index contributed by atoms with van der Waals surface area (Å²) in [7, 11) is 0. The zero-order chi connectivity index (χ0) is 19.5. The quantitative estimate of drug-likeness (QED) is 0.404. The fourth-order valence-electron chi connectivity index (χ4n) is 3.02. The second-order valence-corrected chi connectivity index (χ2v) is 6.67. The summed E-state index contributed by atoms with van der Waals surface area (Å²) in [5, 5.41) is 8.96. The fraction of sp³-hybridized carbons (Fsp3) is 0.476. The Morgan fingerprint density at radius 1 is 0.926 bits per heavy atom. The lowest BCUT2D eigenvalue weighted by Crippen LogP contribution is -2.27. The van der Waals surface area contributed by atoms with Gasteiger partial charge in [0, 0.05) is 6.08 Å². The van der Waals surface area contributed by atoms with Crippen LogP contribution in [0.25, 0.3) is 6.08 Å². The number of carbonyl (C=O) groups excluding carboxylic acids is 2. The molecule has 1 aliphatic rings. The highest BCUT2D eigenvalue weighted by atomic mass is 16.5. The third-order valence-electron chi connectivity index (χ3n) is 4.65. The minimum atomic E-state index is -0.782. The molecular formula is C21H26O6. The number of carboxylic acids is 1. The number of carbonyl (C=O) groups is 3. The van der Waals surface area contributed by atoms with Crippen molar-refractivity contribution in [3.8, 4) is 0 Å². The van der Waals surface area contributed by atoms with Crippen LogP contribution in [-0.2, 0) is 23.9 Å². The van der Waals surface area contributed by atoms with Crippen LogP contribution < -0.4 is 0 Å². The number of carboxylic acid groups (broad SMARTS) is 1. The largest absolute Gasteiger partial charge is 0.481 e. The highest BCUT2D eigenvalue weighted by Gasteiger charge is 2.30. The number of hydrogen-bond donors (Lipinski definition) is 1. The Morgan fingerprint density at radius 3 is 2.15 bits per heavy atom. The number of hydrogen-bond acceptors (Lipinski definition) is 5. The van der Waals surface area contributed by atoms with E-state index < -0.39 is 11.9 Å². The van der Waals surface area contributed by atoms with E-state index in [1.165, 1.54) is 6.08 Å². The van der Waals surface area contributed by atoms with Gasteiger partial charge in [-0.25, -0.2) is 4.79 Å². The van der Waals surface area contributed by atoms with Crippen LogP contribution in [0.1, 0.15) is 44.1 Å². The SMILES string of the molecule is O=C(C=Cc1ccccc1)OCCCCOC(=O)[C@H]1CC[C@H](C(=O)O)CC1. The van der Waals surface area contributed by atoms with E-state index in [1.807, 2.05) is 30.3 Å². The predicted octanol–water partition coefficient (Wildman–Crippen LogP) is 3.46. The van der Waals surface area contributed by atoms with Gasteiger partial charge in [-0.3, -0.25) is 9.59 Å². The van der Waals surface area contributed by atoms with Crippen molar-refractivity contribution in [3.63, 3.8) is 0 Å². The summed E-state index contributed by atoms with van der Waals surface area (Å²) < 4.78 is 10.3. The Morgan fingerprint density at radius 2 is 1.52 bits per heavy atom. The van der Waals surface area contributed by atoms with Crippen molar-refractivity contribution in [2.24, 2.45) is 11.8 Å². The van der Waals surface area contributed by atoms with E-state index in [0.717, 1.165) is 5.56 Å². The average Bonchev–Trinajstić information content (AvgIpc) is 2.69. The normalized spacial score (nSPS) is 19.6. The first-order chi connectivity index (χ1) is 13.1. The molecule has 0 bridgehead atoms. The highest BCUT2D eigenvalue weighted by molar-refractivity contribution is 5.87. The molecule has 1 aromatic rings. The van der Waals surface area contributed by atoms with Crippen molar-refractivity contribution in [3.05, 3.63) is 42.0 Å². The molecule has 1 saturated carbocycles. The van der Waals surface area contributed by atoms with E-state index in [9.17, 15) is 14.4 Å². The summed E-state index contributed by atoms with van der Waals surface area (Å²) in [6, 6.07) is 9.48. The average molecular weight is 374 g/mol. The van der Waals surface area contributed by atoms with Crippen molar-refractivity contribution in [2.75, 3.05) is 13.2 Å². The van der Waals surface area contributed by atoms with Crippen LogP contribution in [0.5, 0.6) is 0 Å². The molecule has 0 saturated heterocycles. The molecule has 27 heavy (non-hydrogen) atoms. The molecule has 0 radical (unpaired) electrons. The Labute approximate surface area is 159 Å². The molecule has 0 atom stereocenters. The molecule has 1 aliphatic carbocycles. The molecule has 6 nitrogen and oxygen atoms in total. The predicted molar refractivity (Wildman–Crippen MR) is 99.7 cm³/mol. The third kappa shape index (κ3) is 7.64. The van der Waals surface area contributed by atoms with Crippen molar-refractivity contribution < 1.29 is 29.0 Å². The van der Waals surface area contributed by atoms with Crippen LogP contribution in [0.3, 0.4) is 0 Å². The van der Waals surface area contributed by atoms with Gasteiger partial charge in [0.1, 0.15) is 0 Å². The summed E-state index contributed by atoms with van der Waals surface area (Å²) in [4.78, 5) is 34.5. The Bertz CT molecular complexity index is 644. The van der Waals surface area contributed by atoms with Gasteiger partial charge in [0.15, 0.2) is 0 Å². The number of rotatable bonds is 9. The van der Waals surface area contributed by atoms with Crippen LogP contribution in [0.15, 0.2) is 36.4 Å². The second kappa shape index (κ2) is 11.2. The minimum absolute atomic E-state index is 0.193. The molecule has 0 spiro atoms. The molecule has 2 rings (SSSR count). The molecule has 1 fully saturated rings. The number of aliphatic carboxylic acids is 1. The molecule has 0 heterocycles. The van der Waals surface area contributed by atoms with Crippen LogP contribution in [0.4, 0.5) is 0 Å². The Kier molecular flexibility index (Phi) is 8.55. The van der Waals surface area contributed by atoms with Gasteiger partial charge < -0.3 is 14.6 Å². The number of benzene rings is 1. The highest BCUT2D eigenvalue weighted by Crippen LogP contribution is 2.29. The minimum Gasteiger partial charge on any atom is -0.481 e. The molecule has 1 N–H and O–H groups in total. The zero-order valence-corrected chi connectivity index (χ0v) is 15.3. The van der Waals surface area contributed by atoms with Gasteiger partial charge in [0.2, 0.25) is 0 Å². The standard InChI is InChI=1S/C21H26O6/c22-19(13-8-16-6-2-1-3-7-16)26-14-4-5-15-27-21(25)18-11-9-17(10-12-18)20(23)24/h1-3,6-8,13,17-18H,4-5,9-12,14-15H2,(H,23,24)/t17-,18-. The maximum absolute atomic E-state index is 12.0. The van der Waals surface area contributed by atoms with Gasteiger partial charge in [0.25, 0.3) is 0 Å². The van der Waals surface area contributed by atoms with Crippen LogP contribution in [-0.4, -0.2) is 36.2 Å². The Balaban J connectivity index is 1.52. The van der Waals surface area contributed by atoms with E-state index in [-0.39, 0.29) is 31.0 Å². The van der Waals surface area contributed by atoms with Crippen LogP contribution >= 0.6 is 0 Å². The summed E-state index contributed by atoms with van der Waals surface area (Å²) in [5.41, 5.74) is 0.929. The first-order valence-corrected chi connectivity index (χ1v) is 9.35. The maximum Gasteiger partial charge on any atom is 0.330 e. The van der Waals surface area contributed by atoms with Crippen molar-refractivity contribution >= 4 is 24.0 Å². The van der Waals surface area contributed by atoms with E-state index in [1.54, 1.807) is 6.08 Å². The van der Waals surface area contributed by atoms with Crippen molar-refractivity contribution in [1.29, 1.82) is 0 Å². The first kappa shape index (κ1) is 20.7. The van der Waals surface area contributed by atoms with Gasteiger partial charge in [-0.15, -0.1) is 0 Å². The van der Waals surface area contributed by atoms with E-state index >= 15 is 0 Å². The summed E-state index contributed by atoms with van der Waals surface area (Å²) in [5.74, 6) is -1.95. The van der Waals surface area contributed by atoms with Gasteiger partial charge in [-0.2, -0.15) is 0 Å². The molecule has 0 amide bonds. The number of unbranched alkanes of at least 4 members (excludes halogenated alkanes) is 1. The lowest BCUT2D eigenvalue weighted by molar-refractivity contribution is -0.153. The summed E-state index contributed by atoms with van der Waals surface area (Å²) in [6.45, 7) is 0.564.